The summed E-state index contributed by atoms with van der Waals surface area (Å²) in [4.78, 5) is 13.1. The van der Waals surface area contributed by atoms with Gasteiger partial charge in [-0.15, -0.1) is 0 Å². The van der Waals surface area contributed by atoms with E-state index in [9.17, 15) is 9.18 Å². The number of fused-ring (bicyclic) bond motifs is 1. The van der Waals surface area contributed by atoms with E-state index in [1.54, 1.807) is 28.6 Å². The van der Waals surface area contributed by atoms with E-state index in [1.165, 1.54) is 27.0 Å². The van der Waals surface area contributed by atoms with Crippen molar-refractivity contribution < 1.29 is 27.9 Å². The second kappa shape index (κ2) is 9.99. The summed E-state index contributed by atoms with van der Waals surface area (Å²) >= 11 is 0. The zero-order valence-corrected chi connectivity index (χ0v) is 19.5. The van der Waals surface area contributed by atoms with Crippen molar-refractivity contribution in [1.29, 1.82) is 5.41 Å². The van der Waals surface area contributed by atoms with Crippen LogP contribution in [-0.4, -0.2) is 47.3 Å². The van der Waals surface area contributed by atoms with Gasteiger partial charge < -0.3 is 4.74 Å². The first-order valence-corrected chi connectivity index (χ1v) is 10.8. The maximum Gasteiger partial charge on any atom is 0.330 e. The van der Waals surface area contributed by atoms with Crippen LogP contribution in [0.3, 0.4) is 0 Å². The molecule has 1 heterocycles. The number of methoxy groups -OCH3 is 1. The molecule has 0 spiro atoms. The molecule has 0 radical (unpaired) electrons. The number of ether oxygens (including phenoxy) is 1. The molecule has 0 saturated heterocycles. The zero-order chi connectivity index (χ0) is 25.2. The molecule has 0 aromatic heterocycles. The average molecular weight is 476 g/mol. The highest BCUT2D eigenvalue weighted by molar-refractivity contribution is 5.95. The Morgan fingerprint density at radius 2 is 1.94 bits per heavy atom. The largest absolute Gasteiger partial charge is 0.466 e. The Bertz CT molecular complexity index is 1110. The molecule has 1 aliphatic rings. The number of carbonyl (C=O) groups is 1. The van der Waals surface area contributed by atoms with E-state index in [0.29, 0.717) is 17.5 Å². The topological polar surface area (TPSA) is 85.7 Å². The smallest absolute Gasteiger partial charge is 0.330 e. The number of halogens is 3. The number of carbonyl (C=O) groups excluding carboxylic acids is 1. The van der Waals surface area contributed by atoms with E-state index < -0.39 is 29.3 Å². The zero-order valence-electron chi connectivity index (χ0n) is 19.5. The van der Waals surface area contributed by atoms with Crippen molar-refractivity contribution in [1.82, 2.24) is 10.4 Å². The van der Waals surface area contributed by atoms with Crippen LogP contribution in [0.1, 0.15) is 54.6 Å². The Labute approximate surface area is 196 Å². The minimum absolute atomic E-state index is 0.0586. The van der Waals surface area contributed by atoms with Gasteiger partial charge in [0.1, 0.15) is 23.1 Å². The average Bonchev–Trinajstić information content (AvgIpc) is 2.77. The van der Waals surface area contributed by atoms with Gasteiger partial charge in [-0.2, -0.15) is 0 Å². The summed E-state index contributed by atoms with van der Waals surface area (Å²) in [5, 5.41) is 16.9. The van der Waals surface area contributed by atoms with Crippen LogP contribution in [0.4, 0.5) is 13.2 Å². The van der Waals surface area contributed by atoms with Crippen molar-refractivity contribution in [3.8, 4) is 0 Å². The maximum absolute atomic E-state index is 15.4. The van der Waals surface area contributed by atoms with Crippen LogP contribution in [0.2, 0.25) is 0 Å². The summed E-state index contributed by atoms with van der Waals surface area (Å²) in [6, 6.07) is 5.95. The summed E-state index contributed by atoms with van der Waals surface area (Å²) in [5.74, 6) is -2.52. The third kappa shape index (κ3) is 5.48. The van der Waals surface area contributed by atoms with Gasteiger partial charge in [-0.05, 0) is 68.2 Å². The molecule has 0 amide bonds. The molecule has 2 aromatic rings. The summed E-state index contributed by atoms with van der Waals surface area (Å²) in [6.45, 7) is 4.62. The monoisotopic (exact) mass is 475 g/mol. The number of nitrogens with one attached hydrogen (secondary N) is 2. The van der Waals surface area contributed by atoms with Gasteiger partial charge >= 0.3 is 5.97 Å². The van der Waals surface area contributed by atoms with Crippen molar-refractivity contribution in [3.05, 3.63) is 75.9 Å². The molecule has 0 saturated carbocycles. The molecule has 9 heteroatoms. The number of amidine groups is 1. The van der Waals surface area contributed by atoms with Crippen molar-refractivity contribution in [3.63, 3.8) is 0 Å². The van der Waals surface area contributed by atoms with E-state index in [2.05, 4.69) is 4.74 Å². The number of nitrogens with zero attached hydrogens (tertiary/aromatic N) is 1. The highest BCUT2D eigenvalue weighted by Crippen LogP contribution is 2.41. The fourth-order valence-corrected chi connectivity index (χ4v) is 4.33. The molecular formula is C25H28F3N3O3. The minimum atomic E-state index is -1.62. The summed E-state index contributed by atoms with van der Waals surface area (Å²) < 4.78 is 50.1. The Balaban J connectivity index is 2.16. The molecule has 3 N–H and O–H groups in total. The van der Waals surface area contributed by atoms with Crippen LogP contribution in [0.5, 0.6) is 0 Å². The Morgan fingerprint density at radius 1 is 1.29 bits per heavy atom. The van der Waals surface area contributed by atoms with Crippen molar-refractivity contribution in [2.75, 3.05) is 13.7 Å². The van der Waals surface area contributed by atoms with Gasteiger partial charge in [-0.1, -0.05) is 12.1 Å². The molecule has 34 heavy (non-hydrogen) atoms. The van der Waals surface area contributed by atoms with E-state index >= 15 is 8.78 Å². The van der Waals surface area contributed by atoms with Gasteiger partial charge in [0.25, 0.3) is 0 Å². The highest BCUT2D eigenvalue weighted by Gasteiger charge is 2.39. The second-order valence-electron chi connectivity index (χ2n) is 9.00. The standard InChI is InChI=1S/C25H28F3N3O3/c1-14-9-17-12-16(24(29)30-33)6-7-18(17)23(31(14)13-25(2,3)28)22-19(26)10-15(11-20(22)27)5-8-21(32)34-4/h5-8,10-12,14,23,33H,9,13H2,1-4H3,(H2,29,30)/b8-5+. The quantitative estimate of drug-likeness (QED) is 0.188. The molecule has 2 aromatic carbocycles. The Morgan fingerprint density at radius 3 is 2.50 bits per heavy atom. The number of alkyl halides is 1. The molecule has 2 atom stereocenters. The van der Waals surface area contributed by atoms with Gasteiger partial charge in [0.15, 0.2) is 0 Å². The van der Waals surface area contributed by atoms with Crippen LogP contribution in [0.15, 0.2) is 36.4 Å². The molecule has 0 aliphatic carbocycles. The molecule has 0 fully saturated rings. The van der Waals surface area contributed by atoms with Gasteiger partial charge in [-0.25, -0.2) is 18.0 Å². The SMILES string of the molecule is COC(=O)/C=C/c1cc(F)c(C2c3ccc(C(=N)NO)cc3CC(C)N2CC(C)(C)F)c(F)c1. The molecule has 3 rings (SSSR count). The lowest BCUT2D eigenvalue weighted by Gasteiger charge is -2.44. The normalized spacial score (nSPS) is 18.6. The molecule has 182 valence electrons. The third-order valence-electron chi connectivity index (χ3n) is 5.80. The fraction of sp³-hybridized carbons (Fsp3) is 0.360. The number of benzene rings is 2. The molecular weight excluding hydrogens is 447 g/mol. The highest BCUT2D eigenvalue weighted by atomic mass is 19.1. The fourth-order valence-electron chi connectivity index (χ4n) is 4.33. The predicted octanol–water partition coefficient (Wildman–Crippen LogP) is 4.54. The van der Waals surface area contributed by atoms with Crippen LogP contribution < -0.4 is 5.48 Å². The summed E-state index contributed by atoms with van der Waals surface area (Å²) in [6.07, 6.45) is 2.79. The Hall–Kier alpha value is -3.17. The predicted molar refractivity (Wildman–Crippen MR) is 123 cm³/mol. The first-order chi connectivity index (χ1) is 15.9. The van der Waals surface area contributed by atoms with Crippen LogP contribution in [0, 0.1) is 17.0 Å². The lowest BCUT2D eigenvalue weighted by atomic mass is 9.83. The van der Waals surface area contributed by atoms with Gasteiger partial charge in [0, 0.05) is 29.8 Å². The number of rotatable bonds is 6. The van der Waals surface area contributed by atoms with Crippen molar-refractivity contribution in [2.24, 2.45) is 0 Å². The van der Waals surface area contributed by atoms with Crippen molar-refractivity contribution >= 4 is 17.9 Å². The van der Waals surface area contributed by atoms with Crippen LogP contribution >= 0.6 is 0 Å². The van der Waals surface area contributed by atoms with Gasteiger partial charge in [-0.3, -0.25) is 21.0 Å². The number of hydrogen-bond donors (Lipinski definition) is 3. The van der Waals surface area contributed by atoms with E-state index in [4.69, 9.17) is 10.6 Å². The van der Waals surface area contributed by atoms with Crippen LogP contribution in [-0.2, 0) is 16.0 Å². The van der Waals surface area contributed by atoms with Gasteiger partial charge in [0.05, 0.1) is 13.2 Å². The minimum Gasteiger partial charge on any atom is -0.466 e. The second-order valence-corrected chi connectivity index (χ2v) is 9.00. The van der Waals surface area contributed by atoms with E-state index in [-0.39, 0.29) is 29.5 Å². The first-order valence-electron chi connectivity index (χ1n) is 10.8. The lowest BCUT2D eigenvalue weighted by molar-refractivity contribution is -0.134. The molecule has 0 bridgehead atoms. The van der Waals surface area contributed by atoms with E-state index in [0.717, 1.165) is 23.8 Å². The van der Waals surface area contributed by atoms with Crippen molar-refractivity contribution in [2.45, 2.75) is 44.9 Å². The number of hydrogen-bond acceptors (Lipinski definition) is 5. The Kier molecular flexibility index (Phi) is 7.48. The van der Waals surface area contributed by atoms with E-state index in [1.807, 2.05) is 6.92 Å². The third-order valence-corrected chi connectivity index (χ3v) is 5.80. The number of esters is 1. The molecule has 6 nitrogen and oxygen atoms in total. The first kappa shape index (κ1) is 25.5. The van der Waals surface area contributed by atoms with Gasteiger partial charge in [0.2, 0.25) is 0 Å². The molecule has 2 unspecified atom stereocenters. The summed E-state index contributed by atoms with van der Waals surface area (Å²) in [7, 11) is 1.20. The van der Waals surface area contributed by atoms with Crippen LogP contribution in [0.25, 0.3) is 6.08 Å². The maximum atomic E-state index is 15.4. The molecule has 1 aliphatic heterocycles. The number of hydroxylamine groups is 1. The summed E-state index contributed by atoms with van der Waals surface area (Å²) in [5.41, 5.74) is 1.84. The lowest BCUT2D eigenvalue weighted by Crippen LogP contribution is -2.48.